The fourth-order valence-electron chi connectivity index (χ4n) is 3.20. The van der Waals surface area contributed by atoms with Crippen LogP contribution < -0.4 is 10.1 Å². The van der Waals surface area contributed by atoms with Crippen LogP contribution in [-0.2, 0) is 14.8 Å². The predicted molar refractivity (Wildman–Crippen MR) is 108 cm³/mol. The summed E-state index contributed by atoms with van der Waals surface area (Å²) in [6.07, 6.45) is 0. The zero-order valence-electron chi connectivity index (χ0n) is 15.6. The third-order valence-electron chi connectivity index (χ3n) is 4.57. The summed E-state index contributed by atoms with van der Waals surface area (Å²) in [5.74, 6) is 0.139. The summed E-state index contributed by atoms with van der Waals surface area (Å²) < 4.78 is 38.1. The molecule has 1 heterocycles. The van der Waals surface area contributed by atoms with Crippen LogP contribution in [0.3, 0.4) is 0 Å². The molecule has 1 N–H and O–H groups in total. The summed E-state index contributed by atoms with van der Waals surface area (Å²) >= 11 is 0. The lowest BCUT2D eigenvalue weighted by Crippen LogP contribution is -2.48. The molecule has 9 heteroatoms. The third-order valence-corrected chi connectivity index (χ3v) is 6.50. The van der Waals surface area contributed by atoms with Gasteiger partial charge in [-0.3, -0.25) is 0 Å². The molecule has 7 nitrogen and oxygen atoms in total. The van der Waals surface area contributed by atoms with Gasteiger partial charge in [-0.05, 0) is 30.3 Å². The van der Waals surface area contributed by atoms with Crippen LogP contribution in [0.4, 0.5) is 0 Å². The molecular weight excluding hydrogens is 404 g/mol. The Morgan fingerprint density at radius 1 is 1.11 bits per heavy atom. The van der Waals surface area contributed by atoms with Crippen LogP contribution in [-0.4, -0.2) is 52.5 Å². The molecule has 0 amide bonds. The Bertz CT molecular complexity index is 918. The summed E-state index contributed by atoms with van der Waals surface area (Å²) in [5, 5.41) is 3.25. The van der Waals surface area contributed by atoms with Crippen molar-refractivity contribution in [3.05, 3.63) is 59.7 Å². The Labute approximate surface area is 171 Å². The van der Waals surface area contributed by atoms with Crippen molar-refractivity contribution in [2.75, 3.05) is 33.9 Å². The largest absolute Gasteiger partial charge is 0.496 e. The van der Waals surface area contributed by atoms with Gasteiger partial charge in [0.15, 0.2) is 0 Å². The Morgan fingerprint density at radius 2 is 1.79 bits per heavy atom. The minimum atomic E-state index is -3.75. The first-order chi connectivity index (χ1) is 13.0. The molecule has 0 aromatic heterocycles. The van der Waals surface area contributed by atoms with Crippen LogP contribution in [0.2, 0.25) is 0 Å². The molecule has 2 aromatic carbocycles. The van der Waals surface area contributed by atoms with E-state index >= 15 is 0 Å². The van der Waals surface area contributed by atoms with Gasteiger partial charge >= 0.3 is 5.97 Å². The molecule has 1 fully saturated rings. The normalized spacial score (nSPS) is 17.4. The highest BCUT2D eigenvalue weighted by Crippen LogP contribution is 2.33. The van der Waals surface area contributed by atoms with Gasteiger partial charge < -0.3 is 14.8 Å². The number of hydrogen-bond donors (Lipinski definition) is 1. The van der Waals surface area contributed by atoms with E-state index < -0.39 is 16.0 Å². The molecule has 1 saturated heterocycles. The Hall–Kier alpha value is -2.13. The van der Waals surface area contributed by atoms with Crippen molar-refractivity contribution < 1.29 is 22.7 Å². The number of rotatable bonds is 5. The quantitative estimate of drug-likeness (QED) is 0.738. The van der Waals surface area contributed by atoms with Crippen molar-refractivity contribution in [1.82, 2.24) is 9.62 Å². The second-order valence-electron chi connectivity index (χ2n) is 6.09. The SMILES string of the molecule is COC(=O)c1ccc(S(=O)(=O)N2CCNCC2c2ccccc2OC)cc1.Cl. The number of nitrogens with zero attached hydrogens (tertiary/aromatic N) is 1. The highest BCUT2D eigenvalue weighted by Gasteiger charge is 2.35. The van der Waals surface area contributed by atoms with Crippen LogP contribution in [0.15, 0.2) is 53.4 Å². The fourth-order valence-corrected chi connectivity index (χ4v) is 4.80. The lowest BCUT2D eigenvalue weighted by molar-refractivity contribution is 0.0600. The molecule has 0 radical (unpaired) electrons. The smallest absolute Gasteiger partial charge is 0.337 e. The molecule has 0 aliphatic carbocycles. The molecule has 0 spiro atoms. The van der Waals surface area contributed by atoms with Crippen LogP contribution >= 0.6 is 12.4 Å². The van der Waals surface area contributed by atoms with E-state index in [0.717, 1.165) is 5.56 Å². The first-order valence-corrected chi connectivity index (χ1v) is 9.97. The Balaban J connectivity index is 0.00000280. The second kappa shape index (κ2) is 9.38. The maximum absolute atomic E-state index is 13.3. The molecule has 0 bridgehead atoms. The standard InChI is InChI=1S/C19H22N2O5S.ClH/c1-25-18-6-4-3-5-16(18)17-13-20-11-12-21(17)27(23,24)15-9-7-14(8-10-15)19(22)26-2;/h3-10,17,20H,11-13H2,1-2H3;1H. The van der Waals surface area contributed by atoms with Crippen molar-refractivity contribution >= 4 is 28.4 Å². The van der Waals surface area contributed by atoms with Gasteiger partial charge in [-0.15, -0.1) is 12.4 Å². The minimum Gasteiger partial charge on any atom is -0.496 e. The number of para-hydroxylation sites is 1. The average molecular weight is 427 g/mol. The molecule has 1 atom stereocenters. The summed E-state index contributed by atoms with van der Waals surface area (Å²) in [6.45, 7) is 1.38. The molecule has 3 rings (SSSR count). The fraction of sp³-hybridized carbons (Fsp3) is 0.316. The van der Waals surface area contributed by atoms with Crippen molar-refractivity contribution in [2.45, 2.75) is 10.9 Å². The summed E-state index contributed by atoms with van der Waals surface area (Å²) in [7, 11) is -0.896. The number of methoxy groups -OCH3 is 2. The zero-order chi connectivity index (χ0) is 19.4. The van der Waals surface area contributed by atoms with Gasteiger partial charge in [-0.2, -0.15) is 4.31 Å². The lowest BCUT2D eigenvalue weighted by Gasteiger charge is -2.36. The maximum atomic E-state index is 13.3. The molecule has 152 valence electrons. The number of benzene rings is 2. The predicted octanol–water partition coefficient (Wildman–Crippen LogP) is 2.24. The van der Waals surface area contributed by atoms with E-state index in [1.807, 2.05) is 24.3 Å². The van der Waals surface area contributed by atoms with E-state index in [0.29, 0.717) is 30.9 Å². The number of nitrogens with one attached hydrogen (secondary N) is 1. The summed E-state index contributed by atoms with van der Waals surface area (Å²) in [4.78, 5) is 11.7. The van der Waals surface area contributed by atoms with Gasteiger partial charge in [-0.1, -0.05) is 18.2 Å². The molecule has 0 saturated carbocycles. The summed E-state index contributed by atoms with van der Waals surface area (Å²) in [6, 6.07) is 12.8. The minimum absolute atomic E-state index is 0. The van der Waals surface area contributed by atoms with E-state index in [4.69, 9.17) is 4.74 Å². The Kier molecular flexibility index (Phi) is 7.42. The first kappa shape index (κ1) is 22.2. The van der Waals surface area contributed by atoms with Crippen molar-refractivity contribution in [3.8, 4) is 5.75 Å². The van der Waals surface area contributed by atoms with Crippen molar-refractivity contribution in [3.63, 3.8) is 0 Å². The number of esters is 1. The van der Waals surface area contributed by atoms with E-state index in [-0.39, 0.29) is 23.3 Å². The maximum Gasteiger partial charge on any atom is 0.337 e. The number of carbonyl (C=O) groups is 1. The van der Waals surface area contributed by atoms with Crippen LogP contribution in [0.1, 0.15) is 22.0 Å². The molecule has 28 heavy (non-hydrogen) atoms. The number of hydrogen-bond acceptors (Lipinski definition) is 6. The monoisotopic (exact) mass is 426 g/mol. The Morgan fingerprint density at radius 3 is 2.43 bits per heavy atom. The van der Waals surface area contributed by atoms with Crippen LogP contribution in [0.5, 0.6) is 5.75 Å². The summed E-state index contributed by atoms with van der Waals surface area (Å²) in [5.41, 5.74) is 1.11. The van der Waals surface area contributed by atoms with Gasteiger partial charge in [0.05, 0.1) is 30.7 Å². The van der Waals surface area contributed by atoms with Gasteiger partial charge in [0, 0.05) is 25.2 Å². The average Bonchev–Trinajstić information content (AvgIpc) is 2.73. The number of carbonyl (C=O) groups excluding carboxylic acids is 1. The van der Waals surface area contributed by atoms with Crippen LogP contribution in [0.25, 0.3) is 0 Å². The molecule has 1 unspecified atom stereocenters. The zero-order valence-corrected chi connectivity index (χ0v) is 17.3. The van der Waals surface area contributed by atoms with Gasteiger partial charge in [-0.25, -0.2) is 13.2 Å². The van der Waals surface area contributed by atoms with Crippen molar-refractivity contribution in [1.29, 1.82) is 0 Å². The number of halogens is 1. The van der Waals surface area contributed by atoms with Gasteiger partial charge in [0.1, 0.15) is 5.75 Å². The van der Waals surface area contributed by atoms with E-state index in [9.17, 15) is 13.2 Å². The molecule has 1 aliphatic rings. The van der Waals surface area contributed by atoms with Crippen molar-refractivity contribution in [2.24, 2.45) is 0 Å². The van der Waals surface area contributed by atoms with E-state index in [1.54, 1.807) is 7.11 Å². The van der Waals surface area contributed by atoms with Crippen LogP contribution in [0, 0.1) is 0 Å². The highest BCUT2D eigenvalue weighted by atomic mass is 35.5. The van der Waals surface area contributed by atoms with Gasteiger partial charge in [0.2, 0.25) is 10.0 Å². The number of sulfonamides is 1. The van der Waals surface area contributed by atoms with E-state index in [2.05, 4.69) is 10.1 Å². The van der Waals surface area contributed by atoms with Gasteiger partial charge in [0.25, 0.3) is 0 Å². The topological polar surface area (TPSA) is 84.9 Å². The first-order valence-electron chi connectivity index (χ1n) is 8.53. The number of ether oxygens (including phenoxy) is 2. The molecular formula is C19H23ClN2O5S. The number of piperazine rings is 1. The second-order valence-corrected chi connectivity index (χ2v) is 7.98. The lowest BCUT2D eigenvalue weighted by atomic mass is 10.0. The van der Waals surface area contributed by atoms with E-state index in [1.165, 1.54) is 35.7 Å². The molecule has 2 aromatic rings. The highest BCUT2D eigenvalue weighted by molar-refractivity contribution is 7.89. The third kappa shape index (κ3) is 4.30. The molecule has 1 aliphatic heterocycles.